The van der Waals surface area contributed by atoms with E-state index in [2.05, 4.69) is 21.2 Å². The quantitative estimate of drug-likeness (QED) is 0.846. The van der Waals surface area contributed by atoms with Crippen molar-refractivity contribution in [3.8, 4) is 0 Å². The van der Waals surface area contributed by atoms with Crippen molar-refractivity contribution >= 4 is 21.8 Å². The summed E-state index contributed by atoms with van der Waals surface area (Å²) in [5, 5.41) is 2.85. The first kappa shape index (κ1) is 14.4. The lowest BCUT2D eigenvalue weighted by molar-refractivity contribution is -0.121. The standard InChI is InChI=1S/C14H16BrF2NO/c15-10-4-1-2-7-13(10)18-14(19)8-9-11(16)5-3-6-12(9)17/h3,5-6,10,13H,1-2,4,7-8H2,(H,18,19). The molecule has 1 aromatic carbocycles. The van der Waals surface area contributed by atoms with Crippen LogP contribution in [0, 0.1) is 11.6 Å². The highest BCUT2D eigenvalue weighted by Gasteiger charge is 2.24. The summed E-state index contributed by atoms with van der Waals surface area (Å²) >= 11 is 3.53. The number of alkyl halides is 1. The highest BCUT2D eigenvalue weighted by molar-refractivity contribution is 9.09. The van der Waals surface area contributed by atoms with Crippen molar-refractivity contribution in [2.24, 2.45) is 0 Å². The molecule has 5 heteroatoms. The van der Waals surface area contributed by atoms with Gasteiger partial charge in [0.05, 0.1) is 6.42 Å². The van der Waals surface area contributed by atoms with E-state index in [0.717, 1.165) is 25.7 Å². The van der Waals surface area contributed by atoms with E-state index in [0.29, 0.717) is 0 Å². The summed E-state index contributed by atoms with van der Waals surface area (Å²) in [7, 11) is 0. The third kappa shape index (κ3) is 3.75. The molecule has 1 aliphatic rings. The van der Waals surface area contributed by atoms with Crippen LogP contribution in [0.1, 0.15) is 31.2 Å². The molecule has 0 bridgehead atoms. The van der Waals surface area contributed by atoms with Gasteiger partial charge in [-0.1, -0.05) is 34.8 Å². The van der Waals surface area contributed by atoms with Gasteiger partial charge in [-0.25, -0.2) is 8.78 Å². The minimum absolute atomic E-state index is 0.0519. The van der Waals surface area contributed by atoms with Crippen LogP contribution in [0.15, 0.2) is 18.2 Å². The Morgan fingerprint density at radius 2 is 1.89 bits per heavy atom. The largest absolute Gasteiger partial charge is 0.352 e. The van der Waals surface area contributed by atoms with Crippen LogP contribution in [0.5, 0.6) is 0 Å². The van der Waals surface area contributed by atoms with E-state index in [1.807, 2.05) is 0 Å². The molecule has 0 aromatic heterocycles. The zero-order chi connectivity index (χ0) is 13.8. The maximum atomic E-state index is 13.4. The molecule has 2 rings (SSSR count). The number of rotatable bonds is 3. The lowest BCUT2D eigenvalue weighted by Crippen LogP contribution is -2.43. The molecule has 0 spiro atoms. The van der Waals surface area contributed by atoms with Crippen LogP contribution in [-0.4, -0.2) is 16.8 Å². The first-order valence-electron chi connectivity index (χ1n) is 6.44. The van der Waals surface area contributed by atoms with Gasteiger partial charge in [0.1, 0.15) is 11.6 Å². The van der Waals surface area contributed by atoms with Crippen LogP contribution >= 0.6 is 15.9 Å². The smallest absolute Gasteiger partial charge is 0.224 e. The van der Waals surface area contributed by atoms with Crippen LogP contribution in [0.3, 0.4) is 0 Å². The van der Waals surface area contributed by atoms with Gasteiger partial charge in [0.2, 0.25) is 5.91 Å². The fourth-order valence-corrected chi connectivity index (χ4v) is 3.09. The Labute approximate surface area is 119 Å². The van der Waals surface area contributed by atoms with Crippen LogP contribution in [0.2, 0.25) is 0 Å². The molecule has 0 radical (unpaired) electrons. The van der Waals surface area contributed by atoms with Crippen molar-refractivity contribution in [2.45, 2.75) is 43.0 Å². The highest BCUT2D eigenvalue weighted by atomic mass is 79.9. The predicted octanol–water partition coefficient (Wildman–Crippen LogP) is 3.33. The van der Waals surface area contributed by atoms with E-state index in [1.165, 1.54) is 18.2 Å². The minimum atomic E-state index is -0.672. The SMILES string of the molecule is O=C(Cc1c(F)cccc1F)NC1CCCCC1Br. The second kappa shape index (κ2) is 6.46. The molecular weight excluding hydrogens is 316 g/mol. The van der Waals surface area contributed by atoms with E-state index in [1.54, 1.807) is 0 Å². The summed E-state index contributed by atoms with van der Waals surface area (Å²) in [5.74, 6) is -1.68. The molecular formula is C14H16BrF2NO. The number of carbonyl (C=O) groups excluding carboxylic acids is 1. The number of hydrogen-bond acceptors (Lipinski definition) is 1. The Morgan fingerprint density at radius 3 is 2.53 bits per heavy atom. The monoisotopic (exact) mass is 331 g/mol. The van der Waals surface area contributed by atoms with Gasteiger partial charge in [-0.2, -0.15) is 0 Å². The van der Waals surface area contributed by atoms with E-state index >= 15 is 0 Å². The molecule has 1 amide bonds. The Morgan fingerprint density at radius 1 is 1.26 bits per heavy atom. The van der Waals surface area contributed by atoms with Gasteiger partial charge in [0, 0.05) is 16.4 Å². The molecule has 1 saturated carbocycles. The first-order chi connectivity index (χ1) is 9.08. The molecule has 19 heavy (non-hydrogen) atoms. The summed E-state index contributed by atoms with van der Waals surface area (Å²) in [4.78, 5) is 12.1. The molecule has 1 N–H and O–H groups in total. The summed E-state index contributed by atoms with van der Waals surface area (Å²) in [6, 6.07) is 3.68. The van der Waals surface area contributed by atoms with Crippen LogP contribution in [0.4, 0.5) is 8.78 Å². The molecule has 2 atom stereocenters. The van der Waals surface area contributed by atoms with Crippen LogP contribution in [-0.2, 0) is 11.2 Å². The number of hydrogen-bond donors (Lipinski definition) is 1. The first-order valence-corrected chi connectivity index (χ1v) is 7.36. The van der Waals surface area contributed by atoms with Crippen molar-refractivity contribution < 1.29 is 13.6 Å². The summed E-state index contributed by atoms with van der Waals surface area (Å²) in [6.45, 7) is 0. The van der Waals surface area contributed by atoms with E-state index in [9.17, 15) is 13.6 Å². The van der Waals surface area contributed by atoms with Crippen molar-refractivity contribution in [3.05, 3.63) is 35.4 Å². The Balaban J connectivity index is 1.97. The van der Waals surface area contributed by atoms with Gasteiger partial charge >= 0.3 is 0 Å². The molecule has 2 nitrogen and oxygen atoms in total. The molecule has 1 fully saturated rings. The van der Waals surface area contributed by atoms with Crippen molar-refractivity contribution in [1.82, 2.24) is 5.32 Å². The van der Waals surface area contributed by atoms with E-state index in [4.69, 9.17) is 0 Å². The molecule has 0 aliphatic heterocycles. The highest BCUT2D eigenvalue weighted by Crippen LogP contribution is 2.24. The van der Waals surface area contributed by atoms with Gasteiger partial charge in [-0.05, 0) is 25.0 Å². The maximum Gasteiger partial charge on any atom is 0.224 e. The Kier molecular flexibility index (Phi) is 4.91. The lowest BCUT2D eigenvalue weighted by Gasteiger charge is -2.28. The second-order valence-corrected chi connectivity index (χ2v) is 6.03. The molecule has 2 unspecified atom stereocenters. The fourth-order valence-electron chi connectivity index (χ4n) is 2.37. The summed E-state index contributed by atoms with van der Waals surface area (Å²) in [6.07, 6.45) is 3.88. The summed E-state index contributed by atoms with van der Waals surface area (Å²) < 4.78 is 26.9. The van der Waals surface area contributed by atoms with Crippen molar-refractivity contribution in [1.29, 1.82) is 0 Å². The second-order valence-electron chi connectivity index (χ2n) is 4.85. The molecule has 0 heterocycles. The van der Waals surface area contributed by atoms with Gasteiger partial charge in [0.25, 0.3) is 0 Å². The Hall–Kier alpha value is -0.970. The minimum Gasteiger partial charge on any atom is -0.352 e. The molecule has 0 saturated heterocycles. The normalized spacial score (nSPS) is 23.1. The maximum absolute atomic E-state index is 13.4. The number of nitrogens with one attached hydrogen (secondary N) is 1. The number of carbonyl (C=O) groups is 1. The van der Waals surface area contributed by atoms with Gasteiger partial charge in [0.15, 0.2) is 0 Å². The lowest BCUT2D eigenvalue weighted by atomic mass is 9.95. The van der Waals surface area contributed by atoms with Gasteiger partial charge in [-0.15, -0.1) is 0 Å². The molecule has 1 aromatic rings. The Bertz CT molecular complexity index is 447. The molecule has 1 aliphatic carbocycles. The zero-order valence-electron chi connectivity index (χ0n) is 10.5. The zero-order valence-corrected chi connectivity index (χ0v) is 12.1. The average molecular weight is 332 g/mol. The number of benzene rings is 1. The average Bonchev–Trinajstić information content (AvgIpc) is 2.37. The number of halogens is 3. The van der Waals surface area contributed by atoms with Crippen molar-refractivity contribution in [2.75, 3.05) is 0 Å². The third-order valence-corrected chi connectivity index (χ3v) is 4.52. The van der Waals surface area contributed by atoms with Crippen molar-refractivity contribution in [3.63, 3.8) is 0 Å². The van der Waals surface area contributed by atoms with Gasteiger partial charge in [-0.3, -0.25) is 4.79 Å². The van der Waals surface area contributed by atoms with Crippen LogP contribution < -0.4 is 5.32 Å². The predicted molar refractivity (Wildman–Crippen MR) is 73.2 cm³/mol. The molecule has 104 valence electrons. The van der Waals surface area contributed by atoms with E-state index in [-0.39, 0.29) is 28.8 Å². The summed E-state index contributed by atoms with van der Waals surface area (Å²) in [5.41, 5.74) is -0.165. The topological polar surface area (TPSA) is 29.1 Å². The van der Waals surface area contributed by atoms with Crippen LogP contribution in [0.25, 0.3) is 0 Å². The fraction of sp³-hybridized carbons (Fsp3) is 0.500. The third-order valence-electron chi connectivity index (χ3n) is 3.43. The number of amides is 1. The van der Waals surface area contributed by atoms with Gasteiger partial charge < -0.3 is 5.32 Å². The van der Waals surface area contributed by atoms with E-state index < -0.39 is 11.6 Å².